The maximum absolute atomic E-state index is 7.79. The van der Waals surface area contributed by atoms with E-state index in [1.807, 2.05) is 9.80 Å². The van der Waals surface area contributed by atoms with Crippen LogP contribution < -0.4 is 19.6 Å². The number of anilines is 2. The summed E-state index contributed by atoms with van der Waals surface area (Å²) in [5.41, 5.74) is 10.4. The SMILES string of the molecule is C/C=C1\C[NH+]2CC[C@]34c5ccccc5N5[C@H]3[C@@H]([C@H]1C[C@H]24)[C@@H]1O[C@H]5[C@H]2[C@@H]3N1c1ccccc1[C@@]31CC[NH+]3C/C(=C\C)[C@@H]2C[C@H]31. The molecule has 10 aliphatic rings. The van der Waals surface area contributed by atoms with Crippen molar-refractivity contribution >= 4 is 11.4 Å². The Bertz CT molecular complexity index is 1560. The van der Waals surface area contributed by atoms with Gasteiger partial charge in [0.25, 0.3) is 0 Å². The van der Waals surface area contributed by atoms with Gasteiger partial charge in [0, 0.05) is 60.7 Å². The number of fused-ring (bicyclic) bond motifs is 14. The van der Waals surface area contributed by atoms with E-state index in [9.17, 15) is 0 Å². The Morgan fingerprint density at radius 2 is 1.16 bits per heavy atom. The van der Waals surface area contributed by atoms with E-state index in [0.717, 1.165) is 12.1 Å². The van der Waals surface area contributed by atoms with Crippen LogP contribution in [-0.2, 0) is 15.6 Å². The summed E-state index contributed by atoms with van der Waals surface area (Å²) < 4.78 is 7.79. The normalized spacial score (nSPS) is 53.2. The summed E-state index contributed by atoms with van der Waals surface area (Å²) in [4.78, 5) is 9.71. The van der Waals surface area contributed by atoms with Crippen LogP contribution in [0.5, 0.6) is 0 Å². The molecular weight excluding hydrogens is 528 g/mol. The molecule has 2 spiro atoms. The van der Waals surface area contributed by atoms with E-state index in [1.54, 1.807) is 22.3 Å². The molecule has 2 aromatic carbocycles. The van der Waals surface area contributed by atoms with Crippen LogP contribution in [0.2, 0.25) is 0 Å². The molecule has 43 heavy (non-hydrogen) atoms. The molecule has 2 saturated carbocycles. The van der Waals surface area contributed by atoms with Crippen molar-refractivity contribution in [3.05, 3.63) is 83.0 Å². The second kappa shape index (κ2) is 7.43. The van der Waals surface area contributed by atoms with Crippen molar-refractivity contribution < 1.29 is 14.5 Å². The lowest BCUT2D eigenvalue weighted by molar-refractivity contribution is -0.916. The monoisotopic (exact) mass is 572 g/mol. The second-order valence-electron chi connectivity index (χ2n) is 16.1. The molecule has 8 aliphatic heterocycles. The average Bonchev–Trinajstić information content (AvgIpc) is 3.80. The van der Waals surface area contributed by atoms with Crippen molar-refractivity contribution in [1.29, 1.82) is 0 Å². The van der Waals surface area contributed by atoms with Crippen LogP contribution in [-0.4, -0.2) is 62.8 Å². The minimum Gasteiger partial charge on any atom is -0.341 e. The maximum Gasteiger partial charge on any atom is 0.138 e. The maximum atomic E-state index is 7.79. The lowest BCUT2D eigenvalue weighted by Crippen LogP contribution is -3.17. The average molecular weight is 573 g/mol. The highest BCUT2D eigenvalue weighted by atomic mass is 16.5. The summed E-state index contributed by atoms with van der Waals surface area (Å²) in [5, 5.41) is 0. The highest BCUT2D eigenvalue weighted by Crippen LogP contribution is 2.69. The van der Waals surface area contributed by atoms with Gasteiger partial charge in [0.1, 0.15) is 24.5 Å². The highest BCUT2D eigenvalue weighted by molar-refractivity contribution is 5.72. The zero-order valence-electron chi connectivity index (χ0n) is 25.5. The Labute approximate surface area is 255 Å². The van der Waals surface area contributed by atoms with Gasteiger partial charge in [-0.3, -0.25) is 0 Å². The van der Waals surface area contributed by atoms with Crippen LogP contribution in [0.15, 0.2) is 71.8 Å². The van der Waals surface area contributed by atoms with E-state index in [1.165, 1.54) is 63.2 Å². The van der Waals surface area contributed by atoms with Crippen LogP contribution in [0.25, 0.3) is 0 Å². The summed E-state index contributed by atoms with van der Waals surface area (Å²) in [7, 11) is 0. The van der Waals surface area contributed by atoms with E-state index in [4.69, 9.17) is 4.74 Å². The van der Waals surface area contributed by atoms with Crippen molar-refractivity contribution in [2.45, 2.75) is 87.0 Å². The molecule has 14 atom stereocenters. The fourth-order valence-corrected chi connectivity index (χ4v) is 14.7. The molecule has 2 aliphatic carbocycles. The van der Waals surface area contributed by atoms with Gasteiger partial charge in [0.05, 0.1) is 49.1 Å². The molecule has 2 unspecified atom stereocenters. The van der Waals surface area contributed by atoms with E-state index >= 15 is 0 Å². The van der Waals surface area contributed by atoms with Gasteiger partial charge in [-0.1, -0.05) is 48.6 Å². The third-order valence-electron chi connectivity index (χ3n) is 15.7. The third kappa shape index (κ3) is 2.28. The van der Waals surface area contributed by atoms with E-state index < -0.39 is 0 Å². The molecule has 8 heterocycles. The number of nitrogens with zero attached hydrogens (tertiary/aromatic N) is 2. The molecule has 12 rings (SSSR count). The number of piperidine rings is 2. The Morgan fingerprint density at radius 3 is 1.63 bits per heavy atom. The number of allylic oxidation sites excluding steroid dienone is 2. The minimum atomic E-state index is 0.166. The largest absolute Gasteiger partial charge is 0.341 e. The molecule has 0 aromatic heterocycles. The number of quaternary nitrogens is 2. The van der Waals surface area contributed by atoms with E-state index in [0.29, 0.717) is 35.8 Å². The van der Waals surface area contributed by atoms with Gasteiger partial charge in [-0.2, -0.15) is 0 Å². The Kier molecular flexibility index (Phi) is 4.10. The molecule has 5 nitrogen and oxygen atoms in total. The molecule has 6 bridgehead atoms. The zero-order chi connectivity index (χ0) is 28.0. The first-order chi connectivity index (χ1) is 21.2. The fourth-order valence-electron chi connectivity index (χ4n) is 14.7. The van der Waals surface area contributed by atoms with Crippen molar-refractivity contribution in [1.82, 2.24) is 0 Å². The molecule has 2 aromatic rings. The first-order valence-corrected chi connectivity index (χ1v) is 17.6. The lowest BCUT2D eigenvalue weighted by atomic mass is 9.51. The van der Waals surface area contributed by atoms with Crippen LogP contribution in [0.4, 0.5) is 11.4 Å². The highest BCUT2D eigenvalue weighted by Gasteiger charge is 2.80. The first kappa shape index (κ1) is 23.7. The zero-order valence-corrected chi connectivity index (χ0v) is 25.5. The predicted octanol–water partition coefficient (Wildman–Crippen LogP) is 2.44. The quantitative estimate of drug-likeness (QED) is 0.475. The van der Waals surface area contributed by atoms with Crippen LogP contribution in [0, 0.1) is 23.7 Å². The molecule has 0 amide bonds. The van der Waals surface area contributed by atoms with Gasteiger partial charge in [-0.05, 0) is 48.3 Å². The summed E-state index contributed by atoms with van der Waals surface area (Å²) in [6.45, 7) is 9.79. The fraction of sp³-hybridized carbons (Fsp3) is 0.579. The number of hydrogen-bond acceptors (Lipinski definition) is 3. The van der Waals surface area contributed by atoms with Crippen molar-refractivity contribution in [3.8, 4) is 0 Å². The number of ether oxygens (including phenoxy) is 1. The summed E-state index contributed by atoms with van der Waals surface area (Å²) in [5.74, 6) is 2.25. The summed E-state index contributed by atoms with van der Waals surface area (Å²) in [6.07, 6.45) is 10.7. The smallest absolute Gasteiger partial charge is 0.138 e. The first-order valence-electron chi connectivity index (χ1n) is 17.6. The van der Waals surface area contributed by atoms with Crippen LogP contribution in [0.3, 0.4) is 0 Å². The Hall–Kier alpha value is -2.60. The molecular formula is C38H44N4O+2. The van der Waals surface area contributed by atoms with Gasteiger partial charge >= 0.3 is 0 Å². The molecule has 6 saturated heterocycles. The lowest BCUT2D eigenvalue weighted by Gasteiger charge is -2.68. The van der Waals surface area contributed by atoms with Crippen LogP contribution >= 0.6 is 0 Å². The van der Waals surface area contributed by atoms with Crippen molar-refractivity contribution in [2.24, 2.45) is 23.7 Å². The van der Waals surface area contributed by atoms with E-state index in [-0.39, 0.29) is 23.3 Å². The van der Waals surface area contributed by atoms with Crippen molar-refractivity contribution in [2.75, 3.05) is 36.0 Å². The minimum absolute atomic E-state index is 0.166. The Balaban J connectivity index is 1.16. The second-order valence-corrected chi connectivity index (χ2v) is 16.1. The summed E-state index contributed by atoms with van der Waals surface area (Å²) >= 11 is 0. The topological polar surface area (TPSA) is 24.6 Å². The predicted molar refractivity (Wildman–Crippen MR) is 166 cm³/mol. The summed E-state index contributed by atoms with van der Waals surface area (Å²) in [6, 6.07) is 22.0. The van der Waals surface area contributed by atoms with E-state index in [2.05, 4.69) is 84.3 Å². The molecule has 2 N–H and O–H groups in total. The number of nitrogens with one attached hydrogen (secondary N) is 2. The Morgan fingerprint density at radius 1 is 0.698 bits per heavy atom. The molecule has 0 radical (unpaired) electrons. The molecule has 220 valence electrons. The van der Waals surface area contributed by atoms with Gasteiger partial charge in [-0.25, -0.2) is 0 Å². The molecule has 8 fully saturated rings. The van der Waals surface area contributed by atoms with Gasteiger partial charge in [-0.15, -0.1) is 0 Å². The van der Waals surface area contributed by atoms with Gasteiger partial charge < -0.3 is 24.3 Å². The van der Waals surface area contributed by atoms with Gasteiger partial charge in [0.2, 0.25) is 0 Å². The number of rotatable bonds is 0. The number of benzene rings is 2. The number of hydrogen-bond donors (Lipinski definition) is 2. The third-order valence-corrected chi connectivity index (χ3v) is 15.7. The standard InChI is InChI=1S/C38H42N4O/c1-3-21-19-39-15-13-37-25-9-5-7-11-27(25)41-33(37)31(23(21)17-29(37)39)35-42-28-12-8-6-10-26(28)38-14-16-40-20-22(4-2)24(18-30(38)40)32(34(38)42)36(41)43-35/h3-12,23-24,29-36H,13-20H2,1-2H3/p+2/b21-3+,22-4+/t23-,24-,29-,30-,31+,32+,33-,34-,35-,36-,37+,38+/m0/s1. The molecule has 5 heteroatoms. The van der Waals surface area contributed by atoms with Crippen molar-refractivity contribution in [3.63, 3.8) is 0 Å². The number of para-hydroxylation sites is 2. The van der Waals surface area contributed by atoms with Gasteiger partial charge in [0.15, 0.2) is 0 Å². The van der Waals surface area contributed by atoms with Crippen LogP contribution in [0.1, 0.15) is 50.7 Å².